The SMILES string of the molecule is CCOC(=O)NC1CSC(=Cc2ccccc2)C1=NO. The van der Waals surface area contributed by atoms with Gasteiger partial charge in [0.05, 0.1) is 12.6 Å². The van der Waals surface area contributed by atoms with Crippen molar-refractivity contribution in [2.75, 3.05) is 12.4 Å². The molecule has 20 heavy (non-hydrogen) atoms. The lowest BCUT2D eigenvalue weighted by molar-refractivity contribution is 0.151. The molecule has 1 saturated heterocycles. The molecule has 106 valence electrons. The number of nitrogens with zero attached hydrogens (tertiary/aromatic N) is 1. The summed E-state index contributed by atoms with van der Waals surface area (Å²) in [5.74, 6) is 0.622. The van der Waals surface area contributed by atoms with Crippen LogP contribution in [0.4, 0.5) is 4.79 Å². The summed E-state index contributed by atoms with van der Waals surface area (Å²) in [5.41, 5.74) is 1.49. The minimum absolute atomic E-state index is 0.310. The van der Waals surface area contributed by atoms with E-state index in [0.717, 1.165) is 10.5 Å². The number of nitrogens with one attached hydrogen (secondary N) is 1. The molecule has 1 aliphatic rings. The van der Waals surface area contributed by atoms with Gasteiger partial charge in [0.15, 0.2) is 0 Å². The van der Waals surface area contributed by atoms with Gasteiger partial charge in [0.25, 0.3) is 0 Å². The Morgan fingerprint density at radius 3 is 2.95 bits per heavy atom. The van der Waals surface area contributed by atoms with Crippen molar-refractivity contribution in [2.24, 2.45) is 5.16 Å². The Morgan fingerprint density at radius 1 is 1.55 bits per heavy atom. The maximum Gasteiger partial charge on any atom is 0.407 e. The van der Waals surface area contributed by atoms with Crippen molar-refractivity contribution >= 4 is 29.6 Å². The third kappa shape index (κ3) is 3.54. The molecule has 1 aromatic rings. The predicted molar refractivity (Wildman–Crippen MR) is 80.0 cm³/mol. The number of carbonyl (C=O) groups excluding carboxylic acids is 1. The Morgan fingerprint density at radius 2 is 2.30 bits per heavy atom. The molecular weight excluding hydrogens is 276 g/mol. The van der Waals surface area contributed by atoms with Crippen molar-refractivity contribution in [1.82, 2.24) is 5.32 Å². The second-order valence-electron chi connectivity index (χ2n) is 4.13. The van der Waals surface area contributed by atoms with E-state index in [1.807, 2.05) is 36.4 Å². The number of rotatable bonds is 3. The van der Waals surface area contributed by atoms with Crippen molar-refractivity contribution < 1.29 is 14.7 Å². The standard InChI is InChI=1S/C14H16N2O3S/c1-2-19-14(17)15-11-9-20-12(13(11)16-18)8-10-6-4-3-5-7-10/h3-8,11,18H,2,9H2,1H3,(H,15,17). The van der Waals surface area contributed by atoms with Crippen LogP contribution in [0, 0.1) is 0 Å². The van der Waals surface area contributed by atoms with E-state index in [-0.39, 0.29) is 6.04 Å². The maximum absolute atomic E-state index is 11.4. The highest BCUT2D eigenvalue weighted by molar-refractivity contribution is 8.04. The van der Waals surface area contributed by atoms with Crippen LogP contribution in [0.2, 0.25) is 0 Å². The number of hydrogen-bond donors (Lipinski definition) is 2. The summed E-state index contributed by atoms with van der Waals surface area (Å²) >= 11 is 1.54. The van der Waals surface area contributed by atoms with Gasteiger partial charge in [0.2, 0.25) is 0 Å². The largest absolute Gasteiger partial charge is 0.450 e. The summed E-state index contributed by atoms with van der Waals surface area (Å²) in [4.78, 5) is 12.3. The van der Waals surface area contributed by atoms with Gasteiger partial charge in [0.1, 0.15) is 5.71 Å². The van der Waals surface area contributed by atoms with E-state index in [4.69, 9.17) is 9.94 Å². The first-order chi connectivity index (χ1) is 9.74. The highest BCUT2D eigenvalue weighted by Crippen LogP contribution is 2.30. The van der Waals surface area contributed by atoms with Gasteiger partial charge in [-0.25, -0.2) is 4.79 Å². The van der Waals surface area contributed by atoms with Gasteiger partial charge in [0, 0.05) is 10.7 Å². The fraction of sp³-hybridized carbons (Fsp3) is 0.286. The van der Waals surface area contributed by atoms with E-state index in [0.29, 0.717) is 18.1 Å². The molecule has 1 aromatic carbocycles. The van der Waals surface area contributed by atoms with E-state index in [1.54, 1.807) is 6.92 Å². The van der Waals surface area contributed by atoms with Crippen molar-refractivity contribution in [1.29, 1.82) is 0 Å². The van der Waals surface area contributed by atoms with Crippen LogP contribution in [-0.2, 0) is 4.74 Å². The number of alkyl carbamates (subject to hydrolysis) is 1. The normalized spacial score (nSPS) is 22.1. The van der Waals surface area contributed by atoms with Crippen LogP contribution >= 0.6 is 11.8 Å². The maximum atomic E-state index is 11.4. The minimum atomic E-state index is -0.500. The molecule has 0 saturated carbocycles. The van der Waals surface area contributed by atoms with Crippen LogP contribution in [0.15, 0.2) is 40.4 Å². The van der Waals surface area contributed by atoms with Crippen molar-refractivity contribution in [2.45, 2.75) is 13.0 Å². The first kappa shape index (κ1) is 14.5. The summed E-state index contributed by atoms with van der Waals surface area (Å²) < 4.78 is 4.83. The number of benzene rings is 1. The second kappa shape index (κ2) is 7.00. The van der Waals surface area contributed by atoms with Crippen molar-refractivity contribution in [3.63, 3.8) is 0 Å². The van der Waals surface area contributed by atoms with Crippen LogP contribution in [-0.4, -0.2) is 35.4 Å². The van der Waals surface area contributed by atoms with Gasteiger partial charge < -0.3 is 15.3 Å². The van der Waals surface area contributed by atoms with E-state index in [9.17, 15) is 4.79 Å². The van der Waals surface area contributed by atoms with Crippen LogP contribution in [0.1, 0.15) is 12.5 Å². The average Bonchev–Trinajstić information content (AvgIpc) is 2.82. The van der Waals surface area contributed by atoms with Gasteiger partial charge in [-0.05, 0) is 18.6 Å². The van der Waals surface area contributed by atoms with Crippen LogP contribution in [0.25, 0.3) is 6.08 Å². The number of ether oxygens (including phenoxy) is 1. The second-order valence-corrected chi connectivity index (χ2v) is 5.19. The van der Waals surface area contributed by atoms with Crippen molar-refractivity contribution in [3.05, 3.63) is 40.8 Å². The molecule has 1 atom stereocenters. The third-order valence-electron chi connectivity index (χ3n) is 2.76. The Bertz CT molecular complexity index is 528. The van der Waals surface area contributed by atoms with Gasteiger partial charge >= 0.3 is 6.09 Å². The Balaban J connectivity index is 2.11. The van der Waals surface area contributed by atoms with Gasteiger partial charge in [-0.1, -0.05) is 35.5 Å². The summed E-state index contributed by atoms with van der Waals surface area (Å²) in [6.07, 6.45) is 1.44. The molecule has 2 rings (SSSR count). The summed E-state index contributed by atoms with van der Waals surface area (Å²) in [7, 11) is 0. The molecule has 6 heteroatoms. The van der Waals surface area contributed by atoms with Crippen LogP contribution < -0.4 is 5.32 Å². The minimum Gasteiger partial charge on any atom is -0.450 e. The summed E-state index contributed by atoms with van der Waals surface area (Å²) in [6, 6.07) is 9.42. The predicted octanol–water partition coefficient (Wildman–Crippen LogP) is 2.72. The Labute approximate surface area is 121 Å². The highest BCUT2D eigenvalue weighted by Gasteiger charge is 2.30. The molecule has 1 amide bonds. The van der Waals surface area contributed by atoms with Crippen LogP contribution in [0.3, 0.4) is 0 Å². The molecule has 0 bridgehead atoms. The smallest absolute Gasteiger partial charge is 0.407 e. The third-order valence-corrected chi connectivity index (χ3v) is 3.90. The number of thioether (sulfide) groups is 1. The molecule has 2 N–H and O–H groups in total. The zero-order valence-corrected chi connectivity index (χ0v) is 11.9. The molecule has 0 aliphatic carbocycles. The zero-order chi connectivity index (χ0) is 14.4. The van der Waals surface area contributed by atoms with Gasteiger partial charge in [-0.15, -0.1) is 11.8 Å². The first-order valence-corrected chi connectivity index (χ1v) is 7.28. The molecule has 1 aliphatic heterocycles. The van der Waals surface area contributed by atoms with E-state index < -0.39 is 6.09 Å². The number of carbonyl (C=O) groups is 1. The summed E-state index contributed by atoms with van der Waals surface area (Å²) in [5, 5.41) is 15.2. The highest BCUT2D eigenvalue weighted by atomic mass is 32.2. The fourth-order valence-corrected chi connectivity index (χ4v) is 3.00. The first-order valence-electron chi connectivity index (χ1n) is 6.29. The zero-order valence-electron chi connectivity index (χ0n) is 11.1. The van der Waals surface area contributed by atoms with Crippen LogP contribution in [0.5, 0.6) is 0 Å². The number of oxime groups is 1. The number of hydrogen-bond acceptors (Lipinski definition) is 5. The molecule has 0 aromatic heterocycles. The van der Waals surface area contributed by atoms with Crippen molar-refractivity contribution in [3.8, 4) is 0 Å². The Hall–Kier alpha value is -1.95. The molecule has 1 fully saturated rings. The molecule has 0 spiro atoms. The average molecular weight is 292 g/mol. The quantitative estimate of drug-likeness (QED) is 0.664. The van der Waals surface area contributed by atoms with E-state index in [2.05, 4.69) is 10.5 Å². The monoisotopic (exact) mass is 292 g/mol. The number of amides is 1. The lowest BCUT2D eigenvalue weighted by Crippen LogP contribution is -2.40. The fourth-order valence-electron chi connectivity index (χ4n) is 1.86. The topological polar surface area (TPSA) is 70.9 Å². The molecule has 5 nitrogen and oxygen atoms in total. The lowest BCUT2D eigenvalue weighted by atomic mass is 10.1. The van der Waals surface area contributed by atoms with E-state index >= 15 is 0 Å². The van der Waals surface area contributed by atoms with Gasteiger partial charge in [-0.2, -0.15) is 0 Å². The lowest BCUT2D eigenvalue weighted by Gasteiger charge is -2.11. The molecule has 1 unspecified atom stereocenters. The Kier molecular flexibility index (Phi) is 5.06. The van der Waals surface area contributed by atoms with E-state index in [1.165, 1.54) is 11.8 Å². The summed E-state index contributed by atoms with van der Waals surface area (Å²) in [6.45, 7) is 2.05. The molecule has 1 heterocycles. The molecule has 0 radical (unpaired) electrons. The van der Waals surface area contributed by atoms with Gasteiger partial charge in [-0.3, -0.25) is 0 Å². The molecular formula is C14H16N2O3S.